The van der Waals surface area contributed by atoms with E-state index in [1.807, 2.05) is 10.1 Å². The topological polar surface area (TPSA) is 65.4 Å². The zero-order chi connectivity index (χ0) is 14.7. The quantitative estimate of drug-likeness (QED) is 0.920. The molecule has 0 radical (unpaired) electrons. The van der Waals surface area contributed by atoms with Gasteiger partial charge in [0.05, 0.1) is 19.9 Å². The molecule has 3 heterocycles. The normalized spacial score (nSPS) is 17.9. The number of rotatable bonds is 5. The third kappa shape index (κ3) is 3.08. The number of carbonyl (C=O) groups is 1. The van der Waals surface area contributed by atoms with Gasteiger partial charge < -0.3 is 14.8 Å². The summed E-state index contributed by atoms with van der Waals surface area (Å²) in [5, 5.41) is 9.00. The van der Waals surface area contributed by atoms with Gasteiger partial charge in [0.2, 0.25) is 0 Å². The van der Waals surface area contributed by atoms with Crippen LogP contribution in [0.5, 0.6) is 5.75 Å². The molecule has 0 bridgehead atoms. The van der Waals surface area contributed by atoms with E-state index in [2.05, 4.69) is 10.4 Å². The molecule has 0 spiro atoms. The van der Waals surface area contributed by atoms with E-state index in [9.17, 15) is 4.79 Å². The van der Waals surface area contributed by atoms with Crippen LogP contribution in [-0.2, 0) is 11.3 Å². The van der Waals surface area contributed by atoms with E-state index in [1.54, 1.807) is 25.4 Å². The van der Waals surface area contributed by atoms with Gasteiger partial charge in [-0.15, -0.1) is 11.3 Å². The molecule has 21 heavy (non-hydrogen) atoms. The first-order valence-corrected chi connectivity index (χ1v) is 7.68. The van der Waals surface area contributed by atoms with E-state index in [1.165, 1.54) is 11.3 Å². The molecular formula is C14H17N3O3S. The highest BCUT2D eigenvalue weighted by atomic mass is 32.1. The van der Waals surface area contributed by atoms with Crippen LogP contribution in [0.25, 0.3) is 0 Å². The number of aromatic nitrogens is 2. The summed E-state index contributed by atoms with van der Waals surface area (Å²) in [6, 6.07) is 3.58. The number of nitrogens with zero attached hydrogens (tertiary/aromatic N) is 2. The molecule has 0 aromatic carbocycles. The van der Waals surface area contributed by atoms with Crippen molar-refractivity contribution in [3.05, 3.63) is 28.6 Å². The van der Waals surface area contributed by atoms with Crippen LogP contribution in [0.15, 0.2) is 23.7 Å². The van der Waals surface area contributed by atoms with E-state index < -0.39 is 0 Å². The van der Waals surface area contributed by atoms with Gasteiger partial charge in [-0.05, 0) is 17.9 Å². The molecule has 112 valence electrons. The molecule has 1 aliphatic heterocycles. The SMILES string of the molecule is COc1ccsc1C(=O)Nc1ccnn1C[C@@H]1CCOC1. The zero-order valence-electron chi connectivity index (χ0n) is 11.7. The minimum atomic E-state index is -0.175. The fourth-order valence-corrected chi connectivity index (χ4v) is 3.11. The second-order valence-corrected chi connectivity index (χ2v) is 5.82. The number of methoxy groups -OCH3 is 1. The van der Waals surface area contributed by atoms with E-state index in [4.69, 9.17) is 9.47 Å². The lowest BCUT2D eigenvalue weighted by atomic mass is 10.1. The van der Waals surface area contributed by atoms with Gasteiger partial charge in [-0.2, -0.15) is 5.10 Å². The molecule has 1 fully saturated rings. The molecule has 1 atom stereocenters. The summed E-state index contributed by atoms with van der Waals surface area (Å²) >= 11 is 1.36. The maximum Gasteiger partial charge on any atom is 0.270 e. The number of hydrogen-bond acceptors (Lipinski definition) is 5. The minimum Gasteiger partial charge on any atom is -0.495 e. The average molecular weight is 307 g/mol. The lowest BCUT2D eigenvalue weighted by molar-refractivity contribution is 0.102. The van der Waals surface area contributed by atoms with Crippen molar-refractivity contribution in [2.75, 3.05) is 25.6 Å². The van der Waals surface area contributed by atoms with Crippen LogP contribution >= 0.6 is 11.3 Å². The largest absolute Gasteiger partial charge is 0.495 e. The Bertz CT molecular complexity index is 617. The molecule has 0 saturated carbocycles. The third-order valence-corrected chi connectivity index (χ3v) is 4.36. The summed E-state index contributed by atoms with van der Waals surface area (Å²) in [5.41, 5.74) is 0. The van der Waals surface area contributed by atoms with Crippen molar-refractivity contribution >= 4 is 23.1 Å². The number of carbonyl (C=O) groups excluding carboxylic acids is 1. The van der Waals surface area contributed by atoms with Gasteiger partial charge in [0.25, 0.3) is 5.91 Å². The summed E-state index contributed by atoms with van der Waals surface area (Å²) in [5.74, 6) is 1.57. The summed E-state index contributed by atoms with van der Waals surface area (Å²) in [6.45, 7) is 2.32. The molecule has 0 unspecified atom stereocenters. The first-order valence-electron chi connectivity index (χ1n) is 6.80. The van der Waals surface area contributed by atoms with Gasteiger partial charge in [0.1, 0.15) is 16.4 Å². The lowest BCUT2D eigenvalue weighted by Crippen LogP contribution is -2.18. The monoisotopic (exact) mass is 307 g/mol. The molecule has 1 aliphatic rings. The van der Waals surface area contributed by atoms with Crippen LogP contribution in [-0.4, -0.2) is 36.0 Å². The number of anilines is 1. The van der Waals surface area contributed by atoms with Gasteiger partial charge in [0.15, 0.2) is 0 Å². The van der Waals surface area contributed by atoms with E-state index >= 15 is 0 Å². The van der Waals surface area contributed by atoms with Gasteiger partial charge in [-0.3, -0.25) is 4.79 Å². The standard InChI is InChI=1S/C14H17N3O3S/c1-19-11-4-7-21-13(11)14(18)16-12-2-5-15-17(12)8-10-3-6-20-9-10/h2,4-5,7,10H,3,6,8-9H2,1H3,(H,16,18)/t10-/m0/s1. The fourth-order valence-electron chi connectivity index (χ4n) is 2.35. The van der Waals surface area contributed by atoms with Crippen molar-refractivity contribution in [3.8, 4) is 5.75 Å². The Labute approximate surface area is 126 Å². The molecule has 2 aromatic heterocycles. The molecule has 1 N–H and O–H groups in total. The Balaban J connectivity index is 1.70. The number of nitrogens with one attached hydrogen (secondary N) is 1. The van der Waals surface area contributed by atoms with Crippen LogP contribution in [0.3, 0.4) is 0 Å². The Morgan fingerprint density at radius 1 is 1.62 bits per heavy atom. The highest BCUT2D eigenvalue weighted by Crippen LogP contribution is 2.25. The summed E-state index contributed by atoms with van der Waals surface area (Å²) in [6.07, 6.45) is 2.73. The van der Waals surface area contributed by atoms with E-state index in [-0.39, 0.29) is 5.91 Å². The second-order valence-electron chi connectivity index (χ2n) is 4.90. The van der Waals surface area contributed by atoms with Crippen LogP contribution in [0.1, 0.15) is 16.1 Å². The number of amides is 1. The van der Waals surface area contributed by atoms with Gasteiger partial charge >= 0.3 is 0 Å². The first kappa shape index (κ1) is 14.1. The molecule has 1 saturated heterocycles. The lowest BCUT2D eigenvalue weighted by Gasteiger charge is -2.12. The van der Waals surface area contributed by atoms with Crippen molar-refractivity contribution in [1.29, 1.82) is 0 Å². The molecular weight excluding hydrogens is 290 g/mol. The predicted octanol–water partition coefficient (Wildman–Crippen LogP) is 2.24. The Hall–Kier alpha value is -1.86. The van der Waals surface area contributed by atoms with Crippen LogP contribution in [0, 0.1) is 5.92 Å². The maximum absolute atomic E-state index is 12.3. The minimum absolute atomic E-state index is 0.175. The third-order valence-electron chi connectivity index (χ3n) is 3.47. The molecule has 1 amide bonds. The van der Waals surface area contributed by atoms with Crippen molar-refractivity contribution in [3.63, 3.8) is 0 Å². The average Bonchev–Trinajstić information content (AvgIpc) is 3.21. The van der Waals surface area contributed by atoms with Gasteiger partial charge in [0, 0.05) is 25.1 Å². The summed E-state index contributed by atoms with van der Waals surface area (Å²) < 4.78 is 12.4. The fraction of sp³-hybridized carbons (Fsp3) is 0.429. The Morgan fingerprint density at radius 3 is 3.29 bits per heavy atom. The van der Waals surface area contributed by atoms with Crippen molar-refractivity contribution in [2.24, 2.45) is 5.92 Å². The predicted molar refractivity (Wildman–Crippen MR) is 80.0 cm³/mol. The number of hydrogen-bond donors (Lipinski definition) is 1. The smallest absolute Gasteiger partial charge is 0.270 e. The van der Waals surface area contributed by atoms with E-state index in [0.29, 0.717) is 22.4 Å². The molecule has 3 rings (SSSR count). The molecule has 0 aliphatic carbocycles. The summed E-state index contributed by atoms with van der Waals surface area (Å²) in [4.78, 5) is 12.9. The van der Waals surface area contributed by atoms with Gasteiger partial charge in [-0.25, -0.2) is 4.68 Å². The van der Waals surface area contributed by atoms with Crippen molar-refractivity contribution in [2.45, 2.75) is 13.0 Å². The number of ether oxygens (including phenoxy) is 2. The highest BCUT2D eigenvalue weighted by molar-refractivity contribution is 7.12. The van der Waals surface area contributed by atoms with Crippen LogP contribution in [0.4, 0.5) is 5.82 Å². The maximum atomic E-state index is 12.3. The molecule has 6 nitrogen and oxygen atoms in total. The van der Waals surface area contributed by atoms with Crippen molar-refractivity contribution in [1.82, 2.24) is 9.78 Å². The molecule has 7 heteroatoms. The number of thiophene rings is 1. The Morgan fingerprint density at radius 2 is 2.52 bits per heavy atom. The van der Waals surface area contributed by atoms with Crippen molar-refractivity contribution < 1.29 is 14.3 Å². The first-order chi connectivity index (χ1) is 10.3. The molecule has 2 aromatic rings. The second kappa shape index (κ2) is 6.28. The summed E-state index contributed by atoms with van der Waals surface area (Å²) in [7, 11) is 1.56. The zero-order valence-corrected chi connectivity index (χ0v) is 12.6. The van der Waals surface area contributed by atoms with Crippen LogP contribution < -0.4 is 10.1 Å². The Kier molecular flexibility index (Phi) is 4.21. The van der Waals surface area contributed by atoms with Gasteiger partial charge in [-0.1, -0.05) is 0 Å². The van der Waals surface area contributed by atoms with E-state index in [0.717, 1.165) is 26.2 Å². The van der Waals surface area contributed by atoms with Crippen LogP contribution in [0.2, 0.25) is 0 Å². The highest BCUT2D eigenvalue weighted by Gasteiger charge is 2.19.